The maximum atomic E-state index is 11.5. The fourth-order valence-electron chi connectivity index (χ4n) is 2.91. The van der Waals surface area contributed by atoms with Gasteiger partial charge in [0.15, 0.2) is 0 Å². The fourth-order valence-corrected chi connectivity index (χ4v) is 2.91. The zero-order chi connectivity index (χ0) is 13.2. The lowest BCUT2D eigenvalue weighted by Crippen LogP contribution is -2.56. The molecule has 19 heavy (non-hydrogen) atoms. The maximum Gasteiger partial charge on any atom is 0.236 e. The van der Waals surface area contributed by atoms with Crippen LogP contribution in [0.3, 0.4) is 0 Å². The SMILES string of the molecule is NC(=O)C1CNCCN1Cc1ccccc1C1CC1. The van der Waals surface area contributed by atoms with Crippen LogP contribution < -0.4 is 11.1 Å². The van der Waals surface area contributed by atoms with Gasteiger partial charge in [-0.25, -0.2) is 0 Å². The smallest absolute Gasteiger partial charge is 0.236 e. The predicted octanol–water partition coefficient (Wildman–Crippen LogP) is 0.823. The number of hydrogen-bond acceptors (Lipinski definition) is 3. The zero-order valence-corrected chi connectivity index (χ0v) is 11.1. The number of benzene rings is 1. The normalized spacial score (nSPS) is 24.3. The Bertz CT molecular complexity index is 470. The van der Waals surface area contributed by atoms with Crippen LogP contribution in [0.5, 0.6) is 0 Å². The van der Waals surface area contributed by atoms with E-state index >= 15 is 0 Å². The Labute approximate surface area is 114 Å². The van der Waals surface area contributed by atoms with E-state index in [1.54, 1.807) is 0 Å². The summed E-state index contributed by atoms with van der Waals surface area (Å²) >= 11 is 0. The lowest BCUT2D eigenvalue weighted by atomic mass is 10.0. The summed E-state index contributed by atoms with van der Waals surface area (Å²) in [5.41, 5.74) is 8.32. The Balaban J connectivity index is 1.77. The van der Waals surface area contributed by atoms with Crippen LogP contribution in [0.4, 0.5) is 0 Å². The molecule has 1 saturated heterocycles. The summed E-state index contributed by atoms with van der Waals surface area (Å²) in [5.74, 6) is 0.516. The molecule has 1 unspecified atom stereocenters. The Kier molecular flexibility index (Phi) is 3.53. The van der Waals surface area contributed by atoms with Crippen molar-refractivity contribution in [2.75, 3.05) is 19.6 Å². The molecule has 1 atom stereocenters. The molecule has 2 aliphatic rings. The van der Waals surface area contributed by atoms with Crippen LogP contribution in [0, 0.1) is 0 Å². The fraction of sp³-hybridized carbons (Fsp3) is 0.533. The van der Waals surface area contributed by atoms with Crippen molar-refractivity contribution in [2.45, 2.75) is 31.3 Å². The van der Waals surface area contributed by atoms with Crippen LogP contribution in [-0.2, 0) is 11.3 Å². The molecule has 102 valence electrons. The summed E-state index contributed by atoms with van der Waals surface area (Å²) in [6, 6.07) is 8.44. The predicted molar refractivity (Wildman–Crippen MR) is 74.7 cm³/mol. The Morgan fingerprint density at radius 3 is 2.89 bits per heavy atom. The van der Waals surface area contributed by atoms with Crippen molar-refractivity contribution in [2.24, 2.45) is 5.73 Å². The van der Waals surface area contributed by atoms with E-state index in [1.165, 1.54) is 24.0 Å². The first-order valence-corrected chi connectivity index (χ1v) is 7.07. The molecular formula is C15H21N3O. The third-order valence-corrected chi connectivity index (χ3v) is 4.13. The van der Waals surface area contributed by atoms with Gasteiger partial charge < -0.3 is 11.1 Å². The molecule has 2 fully saturated rings. The lowest BCUT2D eigenvalue weighted by molar-refractivity contribution is -0.124. The summed E-state index contributed by atoms with van der Waals surface area (Å²) < 4.78 is 0. The van der Waals surface area contributed by atoms with Crippen molar-refractivity contribution in [3.05, 3.63) is 35.4 Å². The first-order valence-electron chi connectivity index (χ1n) is 7.07. The average molecular weight is 259 g/mol. The summed E-state index contributed by atoms with van der Waals surface area (Å²) in [5, 5.41) is 3.24. The summed E-state index contributed by atoms with van der Waals surface area (Å²) in [6.07, 6.45) is 2.61. The van der Waals surface area contributed by atoms with E-state index in [0.29, 0.717) is 6.54 Å². The van der Waals surface area contributed by atoms with Crippen molar-refractivity contribution in [3.63, 3.8) is 0 Å². The highest BCUT2D eigenvalue weighted by Gasteiger charge is 2.30. The number of amides is 1. The number of hydrogen-bond donors (Lipinski definition) is 2. The third kappa shape index (κ3) is 2.80. The molecule has 1 aliphatic heterocycles. The van der Waals surface area contributed by atoms with Crippen LogP contribution in [0.1, 0.15) is 29.9 Å². The maximum absolute atomic E-state index is 11.5. The Morgan fingerprint density at radius 1 is 1.37 bits per heavy atom. The molecule has 0 radical (unpaired) electrons. The second-order valence-corrected chi connectivity index (χ2v) is 5.57. The topological polar surface area (TPSA) is 58.4 Å². The molecule has 1 saturated carbocycles. The van der Waals surface area contributed by atoms with Gasteiger partial charge in [0.05, 0.1) is 0 Å². The van der Waals surface area contributed by atoms with E-state index in [2.05, 4.69) is 34.5 Å². The Hall–Kier alpha value is -1.39. The van der Waals surface area contributed by atoms with Gasteiger partial charge in [-0.15, -0.1) is 0 Å². The number of rotatable bonds is 4. The molecule has 1 heterocycles. The minimum atomic E-state index is -0.226. The first kappa shape index (κ1) is 12.6. The van der Waals surface area contributed by atoms with Gasteiger partial charge in [0.1, 0.15) is 6.04 Å². The zero-order valence-electron chi connectivity index (χ0n) is 11.1. The molecule has 4 nitrogen and oxygen atoms in total. The molecule has 1 aliphatic carbocycles. The van der Waals surface area contributed by atoms with E-state index in [1.807, 2.05) is 0 Å². The van der Waals surface area contributed by atoms with Gasteiger partial charge in [-0.1, -0.05) is 24.3 Å². The summed E-state index contributed by atoms with van der Waals surface area (Å²) in [7, 11) is 0. The van der Waals surface area contributed by atoms with Crippen LogP contribution in [0.25, 0.3) is 0 Å². The molecule has 4 heteroatoms. The van der Waals surface area contributed by atoms with E-state index in [-0.39, 0.29) is 11.9 Å². The number of nitrogens with zero attached hydrogens (tertiary/aromatic N) is 1. The summed E-state index contributed by atoms with van der Waals surface area (Å²) in [4.78, 5) is 13.7. The van der Waals surface area contributed by atoms with Gasteiger partial charge in [-0.3, -0.25) is 9.69 Å². The second kappa shape index (κ2) is 5.31. The minimum Gasteiger partial charge on any atom is -0.368 e. The molecule has 1 aromatic rings. The molecule has 3 N–H and O–H groups in total. The van der Waals surface area contributed by atoms with Crippen molar-refractivity contribution in [1.29, 1.82) is 0 Å². The van der Waals surface area contributed by atoms with E-state index in [9.17, 15) is 4.79 Å². The number of carbonyl (C=O) groups excluding carboxylic acids is 1. The molecule has 0 aromatic heterocycles. The number of primary amides is 1. The van der Waals surface area contributed by atoms with Gasteiger partial charge in [0.2, 0.25) is 5.91 Å². The number of nitrogens with one attached hydrogen (secondary N) is 1. The number of nitrogens with two attached hydrogens (primary N) is 1. The molecule has 3 rings (SSSR count). The van der Waals surface area contributed by atoms with Gasteiger partial charge in [0.25, 0.3) is 0 Å². The molecule has 1 amide bonds. The highest BCUT2D eigenvalue weighted by atomic mass is 16.1. The van der Waals surface area contributed by atoms with Crippen LogP contribution in [0.15, 0.2) is 24.3 Å². The first-order chi connectivity index (χ1) is 9.25. The molecular weight excluding hydrogens is 238 g/mol. The van der Waals surface area contributed by atoms with Gasteiger partial charge in [-0.2, -0.15) is 0 Å². The van der Waals surface area contributed by atoms with E-state index in [4.69, 9.17) is 5.73 Å². The second-order valence-electron chi connectivity index (χ2n) is 5.57. The number of piperazine rings is 1. The van der Waals surface area contributed by atoms with E-state index < -0.39 is 0 Å². The van der Waals surface area contributed by atoms with Gasteiger partial charge in [-0.05, 0) is 29.9 Å². The standard InChI is InChI=1S/C15H21N3O/c16-15(19)14-9-17-7-8-18(14)10-12-3-1-2-4-13(12)11-5-6-11/h1-4,11,14,17H,5-10H2,(H2,16,19). The lowest BCUT2D eigenvalue weighted by Gasteiger charge is -2.34. The van der Waals surface area contributed by atoms with Crippen LogP contribution in [-0.4, -0.2) is 36.5 Å². The highest BCUT2D eigenvalue weighted by Crippen LogP contribution is 2.41. The van der Waals surface area contributed by atoms with Crippen molar-refractivity contribution in [1.82, 2.24) is 10.2 Å². The number of carbonyl (C=O) groups is 1. The van der Waals surface area contributed by atoms with E-state index in [0.717, 1.165) is 25.6 Å². The average Bonchev–Trinajstić information content (AvgIpc) is 3.24. The van der Waals surface area contributed by atoms with Crippen molar-refractivity contribution < 1.29 is 4.79 Å². The molecule has 1 aromatic carbocycles. The monoisotopic (exact) mass is 259 g/mol. The largest absolute Gasteiger partial charge is 0.368 e. The minimum absolute atomic E-state index is 0.180. The van der Waals surface area contributed by atoms with Crippen LogP contribution in [0.2, 0.25) is 0 Å². The van der Waals surface area contributed by atoms with Crippen molar-refractivity contribution >= 4 is 5.91 Å². The quantitative estimate of drug-likeness (QED) is 0.842. The Morgan fingerprint density at radius 2 is 2.16 bits per heavy atom. The highest BCUT2D eigenvalue weighted by molar-refractivity contribution is 5.80. The summed E-state index contributed by atoms with van der Waals surface area (Å²) in [6.45, 7) is 3.31. The van der Waals surface area contributed by atoms with Gasteiger partial charge >= 0.3 is 0 Å². The van der Waals surface area contributed by atoms with Crippen LogP contribution >= 0.6 is 0 Å². The third-order valence-electron chi connectivity index (χ3n) is 4.13. The van der Waals surface area contributed by atoms with Gasteiger partial charge in [0, 0.05) is 26.2 Å². The van der Waals surface area contributed by atoms with Crippen molar-refractivity contribution in [3.8, 4) is 0 Å². The molecule has 0 bridgehead atoms. The molecule has 0 spiro atoms.